The Morgan fingerprint density at radius 2 is 1.51 bits per heavy atom. The second-order valence-corrected chi connectivity index (χ2v) is 11.8. The number of ether oxygens (including phenoxy) is 1. The molecule has 0 amide bonds. The molecular weight excluding hydrogens is 554 g/mol. The third-order valence-corrected chi connectivity index (χ3v) is 6.65. The summed E-state index contributed by atoms with van der Waals surface area (Å²) in [5.41, 5.74) is 0.771. The highest BCUT2D eigenvalue weighted by Crippen LogP contribution is 2.45. The molecule has 14 nitrogen and oxygen atoms in total. The zero-order valence-electron chi connectivity index (χ0n) is 19.7. The highest BCUT2D eigenvalue weighted by Gasteiger charge is 2.24. The second-order valence-electron chi connectivity index (χ2n) is 7.46. The SMILES string of the molecule is CNc1cc(C)cc2cc(S(=O)(=O)O)c(N=Nc3cc(S(C)(=O)=O)ccc3OC)c(O)c12.O=S(=O)(O)O. The molecule has 0 aliphatic heterocycles. The molecule has 17 heteroatoms. The van der Waals surface area contributed by atoms with Crippen molar-refractivity contribution >= 4 is 58.2 Å². The van der Waals surface area contributed by atoms with Crippen LogP contribution < -0.4 is 10.1 Å². The van der Waals surface area contributed by atoms with Gasteiger partial charge in [0, 0.05) is 24.4 Å². The average molecular weight is 578 g/mol. The number of benzene rings is 3. The Morgan fingerprint density at radius 1 is 0.919 bits per heavy atom. The lowest BCUT2D eigenvalue weighted by atomic mass is 10.0. The van der Waals surface area contributed by atoms with Crippen LogP contribution in [-0.2, 0) is 30.4 Å². The highest BCUT2D eigenvalue weighted by molar-refractivity contribution is 7.90. The summed E-state index contributed by atoms with van der Waals surface area (Å²) >= 11 is 0. The smallest absolute Gasteiger partial charge is 0.394 e. The summed E-state index contributed by atoms with van der Waals surface area (Å²) in [6.45, 7) is 1.79. The van der Waals surface area contributed by atoms with Crippen molar-refractivity contribution in [3.63, 3.8) is 0 Å². The molecule has 0 fully saturated rings. The van der Waals surface area contributed by atoms with Gasteiger partial charge < -0.3 is 15.2 Å². The number of phenolic OH excluding ortho intramolecular Hbond substituents is 1. The number of rotatable bonds is 6. The van der Waals surface area contributed by atoms with Crippen LogP contribution in [0, 0.1) is 6.92 Å². The lowest BCUT2D eigenvalue weighted by Crippen LogP contribution is -2.00. The van der Waals surface area contributed by atoms with E-state index in [-0.39, 0.29) is 21.7 Å². The van der Waals surface area contributed by atoms with Crippen LogP contribution in [0.25, 0.3) is 10.8 Å². The molecule has 0 bridgehead atoms. The number of aromatic hydroxyl groups is 1. The summed E-state index contributed by atoms with van der Waals surface area (Å²) in [4.78, 5) is -0.713. The van der Waals surface area contributed by atoms with Crippen LogP contribution in [0.2, 0.25) is 0 Å². The number of nitrogens with one attached hydrogen (secondary N) is 1. The van der Waals surface area contributed by atoms with Crippen molar-refractivity contribution in [3.05, 3.63) is 42.0 Å². The van der Waals surface area contributed by atoms with Gasteiger partial charge in [0.25, 0.3) is 10.1 Å². The van der Waals surface area contributed by atoms with Gasteiger partial charge in [-0.25, -0.2) is 8.42 Å². The van der Waals surface area contributed by atoms with Crippen molar-refractivity contribution in [1.82, 2.24) is 0 Å². The molecular formula is C20H23N3O11S3. The zero-order valence-corrected chi connectivity index (χ0v) is 22.2. The van der Waals surface area contributed by atoms with Gasteiger partial charge in [-0.2, -0.15) is 16.8 Å². The van der Waals surface area contributed by atoms with Crippen LogP contribution in [-0.4, -0.2) is 64.4 Å². The van der Waals surface area contributed by atoms with E-state index in [0.29, 0.717) is 11.1 Å². The molecule has 3 rings (SSSR count). The monoisotopic (exact) mass is 577 g/mol. The number of aryl methyl sites for hydroxylation is 1. The van der Waals surface area contributed by atoms with Crippen LogP contribution in [0.1, 0.15) is 5.56 Å². The number of methoxy groups -OCH3 is 1. The quantitative estimate of drug-likeness (QED) is 0.210. The molecule has 202 valence electrons. The topological polar surface area (TPSA) is 229 Å². The second kappa shape index (κ2) is 11.0. The first-order valence-corrected chi connectivity index (χ1v) is 14.5. The molecule has 0 aromatic heterocycles. The van der Waals surface area contributed by atoms with Gasteiger partial charge in [0.15, 0.2) is 15.6 Å². The minimum Gasteiger partial charge on any atom is -0.505 e. The van der Waals surface area contributed by atoms with Crippen LogP contribution in [0.4, 0.5) is 17.1 Å². The summed E-state index contributed by atoms with van der Waals surface area (Å²) in [5, 5.41) is 22.2. The minimum atomic E-state index is -4.79. The van der Waals surface area contributed by atoms with E-state index in [9.17, 15) is 26.5 Å². The van der Waals surface area contributed by atoms with Gasteiger partial charge in [-0.1, -0.05) is 6.07 Å². The fourth-order valence-corrected chi connectivity index (χ4v) is 4.51. The number of azo groups is 1. The standard InChI is InChI=1S/C20H21N3O7S2.H2O4S/c1-11-7-12-9-17(32(27,28)29)19(20(24)18(12)15(8-11)21-2)23-22-14-10-13(31(4,25)26)5-6-16(14)30-3;1-5(2,3)4/h5-10,21,24H,1-4H3,(H,27,28,29);(H2,1,2,3,4). The predicted molar refractivity (Wildman–Crippen MR) is 134 cm³/mol. The zero-order chi connectivity index (χ0) is 28.3. The number of anilines is 1. The molecule has 0 aliphatic carbocycles. The van der Waals surface area contributed by atoms with Gasteiger partial charge in [0.05, 0.1) is 12.0 Å². The first kappa shape index (κ1) is 29.9. The number of hydrogen-bond acceptors (Lipinski definition) is 11. The Balaban J connectivity index is 0.000000877. The van der Waals surface area contributed by atoms with Gasteiger partial charge in [-0.05, 0) is 48.2 Å². The molecule has 0 saturated heterocycles. The van der Waals surface area contributed by atoms with E-state index in [1.807, 2.05) is 0 Å². The van der Waals surface area contributed by atoms with E-state index < -0.39 is 46.7 Å². The Morgan fingerprint density at radius 3 is 2.00 bits per heavy atom. The van der Waals surface area contributed by atoms with Gasteiger partial charge >= 0.3 is 10.4 Å². The first-order valence-electron chi connectivity index (χ1n) is 9.82. The summed E-state index contributed by atoms with van der Waals surface area (Å²) < 4.78 is 94.3. The largest absolute Gasteiger partial charge is 0.505 e. The Bertz CT molecular complexity index is 1690. The highest BCUT2D eigenvalue weighted by atomic mass is 32.3. The predicted octanol–water partition coefficient (Wildman–Crippen LogP) is 3.32. The van der Waals surface area contributed by atoms with Gasteiger partial charge in [0.1, 0.15) is 22.0 Å². The Hall–Kier alpha value is -3.35. The van der Waals surface area contributed by atoms with Crippen LogP contribution >= 0.6 is 0 Å². The van der Waals surface area contributed by atoms with Gasteiger partial charge in [-0.15, -0.1) is 10.2 Å². The van der Waals surface area contributed by atoms with E-state index in [4.69, 9.17) is 22.3 Å². The summed E-state index contributed by atoms with van der Waals surface area (Å²) in [7, 11) is -10.1. The number of hydrogen-bond donors (Lipinski definition) is 5. The van der Waals surface area contributed by atoms with Crippen LogP contribution in [0.3, 0.4) is 0 Å². The molecule has 37 heavy (non-hydrogen) atoms. The van der Waals surface area contributed by atoms with E-state index in [2.05, 4.69) is 15.5 Å². The number of phenols is 1. The van der Waals surface area contributed by atoms with Crippen LogP contribution in [0.5, 0.6) is 11.5 Å². The number of sulfone groups is 1. The van der Waals surface area contributed by atoms with Crippen LogP contribution in [0.15, 0.2) is 56.4 Å². The normalized spacial score (nSPS) is 12.3. The van der Waals surface area contributed by atoms with E-state index in [1.54, 1.807) is 26.1 Å². The van der Waals surface area contributed by atoms with Crippen molar-refractivity contribution < 1.29 is 48.8 Å². The fraction of sp³-hybridized carbons (Fsp3) is 0.200. The third kappa shape index (κ3) is 7.81. The summed E-state index contributed by atoms with van der Waals surface area (Å²) in [6, 6.07) is 8.46. The van der Waals surface area contributed by atoms with Crippen molar-refractivity contribution in [2.24, 2.45) is 10.2 Å². The maximum atomic E-state index is 12.0. The molecule has 3 aromatic carbocycles. The minimum absolute atomic E-state index is 0.0195. The summed E-state index contributed by atoms with van der Waals surface area (Å²) in [6.07, 6.45) is 1.02. The average Bonchev–Trinajstić information content (AvgIpc) is 2.74. The fourth-order valence-electron chi connectivity index (χ4n) is 3.21. The maximum absolute atomic E-state index is 12.0. The van der Waals surface area contributed by atoms with Crippen molar-refractivity contribution in [2.75, 3.05) is 25.7 Å². The lowest BCUT2D eigenvalue weighted by Gasteiger charge is -2.13. The van der Waals surface area contributed by atoms with E-state index >= 15 is 0 Å². The molecule has 5 N–H and O–H groups in total. The van der Waals surface area contributed by atoms with Gasteiger partial charge in [0.2, 0.25) is 0 Å². The number of fused-ring (bicyclic) bond motifs is 1. The third-order valence-electron chi connectivity index (χ3n) is 4.68. The molecule has 0 aliphatic rings. The van der Waals surface area contributed by atoms with Crippen molar-refractivity contribution in [3.8, 4) is 11.5 Å². The van der Waals surface area contributed by atoms with E-state index in [0.717, 1.165) is 11.8 Å². The Labute approximate surface area is 212 Å². The van der Waals surface area contributed by atoms with Gasteiger partial charge in [-0.3, -0.25) is 13.7 Å². The van der Waals surface area contributed by atoms with Crippen molar-refractivity contribution in [2.45, 2.75) is 16.7 Å². The molecule has 0 unspecified atom stereocenters. The summed E-state index contributed by atoms with van der Waals surface area (Å²) in [5.74, 6) is -0.358. The lowest BCUT2D eigenvalue weighted by molar-refractivity contribution is 0.380. The van der Waals surface area contributed by atoms with Crippen molar-refractivity contribution in [1.29, 1.82) is 0 Å². The molecule has 0 heterocycles. The first-order chi connectivity index (χ1) is 16.9. The van der Waals surface area contributed by atoms with E-state index in [1.165, 1.54) is 31.4 Å². The molecule has 0 radical (unpaired) electrons. The number of nitrogens with zero attached hydrogens (tertiary/aromatic N) is 2. The Kier molecular flexibility index (Phi) is 8.84. The maximum Gasteiger partial charge on any atom is 0.394 e. The molecule has 0 spiro atoms. The molecule has 0 saturated carbocycles. The molecule has 0 atom stereocenters. The molecule has 3 aromatic rings.